The van der Waals surface area contributed by atoms with Crippen LogP contribution in [-0.2, 0) is 16.8 Å². The first kappa shape index (κ1) is 19.7. The minimum absolute atomic E-state index is 0.0120. The Morgan fingerprint density at radius 3 is 2.33 bits per heavy atom. The Labute approximate surface area is 167 Å². The van der Waals surface area contributed by atoms with E-state index in [1.807, 2.05) is 44.2 Å². The second-order valence-electron chi connectivity index (χ2n) is 7.73. The second kappa shape index (κ2) is 8.32. The maximum absolute atomic E-state index is 12.9. The molecule has 1 aliphatic heterocycles. The highest BCUT2D eigenvalue weighted by Crippen LogP contribution is 2.26. The number of benzene rings is 2. The lowest BCUT2D eigenvalue weighted by Crippen LogP contribution is -2.45. The topological polar surface area (TPSA) is 35.6 Å². The SMILES string of the molecule is CN1CCN(c2ccccc2CNC(=O)C(C)(C)c2ccc(Cl)cc2)CC1. The summed E-state index contributed by atoms with van der Waals surface area (Å²) < 4.78 is 0. The monoisotopic (exact) mass is 385 g/mol. The van der Waals surface area contributed by atoms with Gasteiger partial charge in [0.05, 0.1) is 5.41 Å². The molecule has 1 aliphatic rings. The summed E-state index contributed by atoms with van der Waals surface area (Å²) in [7, 11) is 2.16. The van der Waals surface area contributed by atoms with Crippen LogP contribution in [0.5, 0.6) is 0 Å². The van der Waals surface area contributed by atoms with Crippen molar-refractivity contribution in [3.63, 3.8) is 0 Å². The number of carbonyl (C=O) groups is 1. The number of hydrogen-bond acceptors (Lipinski definition) is 3. The van der Waals surface area contributed by atoms with Crippen LogP contribution in [0.3, 0.4) is 0 Å². The molecule has 1 N–H and O–H groups in total. The number of piperazine rings is 1. The van der Waals surface area contributed by atoms with Crippen LogP contribution in [-0.4, -0.2) is 44.0 Å². The maximum Gasteiger partial charge on any atom is 0.230 e. The fourth-order valence-corrected chi connectivity index (χ4v) is 3.54. The average molecular weight is 386 g/mol. The Hall–Kier alpha value is -2.04. The summed E-state index contributed by atoms with van der Waals surface area (Å²) in [6, 6.07) is 15.8. The van der Waals surface area contributed by atoms with Crippen LogP contribution in [0.4, 0.5) is 5.69 Å². The summed E-state index contributed by atoms with van der Waals surface area (Å²) in [6.07, 6.45) is 0. The summed E-state index contributed by atoms with van der Waals surface area (Å²) in [5.74, 6) is 0.0120. The third-order valence-corrected chi connectivity index (χ3v) is 5.66. The molecule has 27 heavy (non-hydrogen) atoms. The summed E-state index contributed by atoms with van der Waals surface area (Å²) in [4.78, 5) is 17.6. The Balaban J connectivity index is 1.69. The molecule has 0 aromatic heterocycles. The van der Waals surface area contributed by atoms with Gasteiger partial charge in [0.15, 0.2) is 0 Å². The van der Waals surface area contributed by atoms with E-state index in [-0.39, 0.29) is 5.91 Å². The molecule has 1 fully saturated rings. The van der Waals surface area contributed by atoms with E-state index in [0.29, 0.717) is 11.6 Å². The number of anilines is 1. The molecule has 2 aromatic rings. The van der Waals surface area contributed by atoms with Crippen molar-refractivity contribution in [3.8, 4) is 0 Å². The predicted octanol–water partition coefficient (Wildman–Crippen LogP) is 3.69. The van der Waals surface area contributed by atoms with E-state index in [2.05, 4.69) is 40.4 Å². The van der Waals surface area contributed by atoms with Crippen LogP contribution in [0.1, 0.15) is 25.0 Å². The van der Waals surface area contributed by atoms with Crippen molar-refractivity contribution >= 4 is 23.2 Å². The lowest BCUT2D eigenvalue weighted by Gasteiger charge is -2.35. The van der Waals surface area contributed by atoms with Crippen molar-refractivity contribution < 1.29 is 4.79 Å². The third-order valence-electron chi connectivity index (χ3n) is 5.41. The first-order valence-corrected chi connectivity index (χ1v) is 9.81. The van der Waals surface area contributed by atoms with Crippen LogP contribution < -0.4 is 10.2 Å². The molecule has 2 aromatic carbocycles. The molecule has 0 aliphatic carbocycles. The van der Waals surface area contributed by atoms with E-state index in [1.54, 1.807) is 0 Å². The van der Waals surface area contributed by atoms with Crippen LogP contribution >= 0.6 is 11.6 Å². The molecule has 4 nitrogen and oxygen atoms in total. The number of carbonyl (C=O) groups excluding carboxylic acids is 1. The van der Waals surface area contributed by atoms with Gasteiger partial charge in [0.25, 0.3) is 0 Å². The van der Waals surface area contributed by atoms with Gasteiger partial charge < -0.3 is 15.1 Å². The summed E-state index contributed by atoms with van der Waals surface area (Å²) in [6.45, 7) is 8.55. The van der Waals surface area contributed by atoms with E-state index >= 15 is 0 Å². The van der Waals surface area contributed by atoms with E-state index in [9.17, 15) is 4.79 Å². The number of nitrogens with zero attached hydrogens (tertiary/aromatic N) is 2. The quantitative estimate of drug-likeness (QED) is 0.852. The van der Waals surface area contributed by atoms with Crippen LogP contribution in [0.15, 0.2) is 48.5 Å². The maximum atomic E-state index is 12.9. The van der Waals surface area contributed by atoms with Gasteiger partial charge in [-0.15, -0.1) is 0 Å². The molecule has 0 radical (unpaired) electrons. The Bertz CT molecular complexity index is 780. The second-order valence-corrected chi connectivity index (χ2v) is 8.17. The number of halogens is 1. The molecule has 1 amide bonds. The fourth-order valence-electron chi connectivity index (χ4n) is 3.41. The number of rotatable bonds is 5. The van der Waals surface area contributed by atoms with Gasteiger partial charge in [0.1, 0.15) is 0 Å². The number of likely N-dealkylation sites (N-methyl/N-ethyl adjacent to an activating group) is 1. The zero-order valence-corrected chi connectivity index (χ0v) is 17.1. The van der Waals surface area contributed by atoms with Crippen LogP contribution in [0.25, 0.3) is 0 Å². The highest BCUT2D eigenvalue weighted by molar-refractivity contribution is 6.30. The number of para-hydroxylation sites is 1. The molecule has 0 bridgehead atoms. The highest BCUT2D eigenvalue weighted by atomic mass is 35.5. The van der Waals surface area contributed by atoms with Crippen LogP contribution in [0.2, 0.25) is 5.02 Å². The minimum Gasteiger partial charge on any atom is -0.369 e. The third kappa shape index (κ3) is 4.63. The summed E-state index contributed by atoms with van der Waals surface area (Å²) >= 11 is 5.97. The normalized spacial score (nSPS) is 15.6. The lowest BCUT2D eigenvalue weighted by atomic mass is 9.83. The first-order chi connectivity index (χ1) is 12.9. The minimum atomic E-state index is -0.618. The van der Waals surface area contributed by atoms with Crippen molar-refractivity contribution in [2.75, 3.05) is 38.1 Å². The Kier molecular flexibility index (Phi) is 6.08. The van der Waals surface area contributed by atoms with E-state index in [1.165, 1.54) is 5.69 Å². The van der Waals surface area contributed by atoms with Crippen molar-refractivity contribution in [1.29, 1.82) is 0 Å². The molecule has 0 atom stereocenters. The zero-order valence-electron chi connectivity index (χ0n) is 16.3. The zero-order chi connectivity index (χ0) is 19.4. The van der Waals surface area contributed by atoms with Crippen molar-refractivity contribution in [2.45, 2.75) is 25.8 Å². The van der Waals surface area contributed by atoms with Gasteiger partial charge in [-0.05, 0) is 50.2 Å². The molecular weight excluding hydrogens is 358 g/mol. The fraction of sp³-hybridized carbons (Fsp3) is 0.409. The Morgan fingerprint density at radius 1 is 1.04 bits per heavy atom. The molecular formula is C22H28ClN3O. The largest absolute Gasteiger partial charge is 0.369 e. The lowest BCUT2D eigenvalue weighted by molar-refractivity contribution is -0.125. The molecule has 3 rings (SSSR count). The van der Waals surface area contributed by atoms with E-state index in [4.69, 9.17) is 11.6 Å². The number of amides is 1. The predicted molar refractivity (Wildman–Crippen MR) is 112 cm³/mol. The molecule has 5 heteroatoms. The van der Waals surface area contributed by atoms with Crippen LogP contribution in [0, 0.1) is 0 Å². The molecule has 0 saturated carbocycles. The average Bonchev–Trinajstić information content (AvgIpc) is 2.67. The first-order valence-electron chi connectivity index (χ1n) is 9.43. The van der Waals surface area contributed by atoms with Crippen molar-refractivity contribution in [3.05, 3.63) is 64.7 Å². The van der Waals surface area contributed by atoms with Gasteiger partial charge in [-0.3, -0.25) is 4.79 Å². The number of hydrogen-bond donors (Lipinski definition) is 1. The molecule has 144 valence electrons. The van der Waals surface area contributed by atoms with Gasteiger partial charge in [0.2, 0.25) is 5.91 Å². The molecule has 0 spiro atoms. The molecule has 1 heterocycles. The van der Waals surface area contributed by atoms with E-state index < -0.39 is 5.41 Å². The van der Waals surface area contributed by atoms with Crippen molar-refractivity contribution in [2.24, 2.45) is 0 Å². The summed E-state index contributed by atoms with van der Waals surface area (Å²) in [5, 5.41) is 3.81. The molecule has 1 saturated heterocycles. The highest BCUT2D eigenvalue weighted by Gasteiger charge is 2.29. The van der Waals surface area contributed by atoms with Gasteiger partial charge in [-0.1, -0.05) is 41.9 Å². The van der Waals surface area contributed by atoms with Gasteiger partial charge in [-0.25, -0.2) is 0 Å². The van der Waals surface area contributed by atoms with Gasteiger partial charge in [0, 0.05) is 43.4 Å². The molecule has 0 unspecified atom stereocenters. The smallest absolute Gasteiger partial charge is 0.230 e. The van der Waals surface area contributed by atoms with E-state index in [0.717, 1.165) is 37.3 Å². The summed E-state index contributed by atoms with van der Waals surface area (Å²) in [5.41, 5.74) is 2.71. The van der Waals surface area contributed by atoms with Gasteiger partial charge in [-0.2, -0.15) is 0 Å². The Morgan fingerprint density at radius 2 is 1.67 bits per heavy atom. The number of nitrogens with one attached hydrogen (secondary N) is 1. The standard InChI is InChI=1S/C22H28ClN3O/c1-22(2,18-8-10-19(23)11-9-18)21(27)24-16-17-6-4-5-7-20(17)26-14-12-25(3)13-15-26/h4-11H,12-16H2,1-3H3,(H,24,27). The van der Waals surface area contributed by atoms with Crippen molar-refractivity contribution in [1.82, 2.24) is 10.2 Å². The van der Waals surface area contributed by atoms with Gasteiger partial charge >= 0.3 is 0 Å².